The van der Waals surface area contributed by atoms with E-state index in [9.17, 15) is 38.7 Å². The van der Waals surface area contributed by atoms with Gasteiger partial charge in [0.1, 0.15) is 24.5 Å². The number of aryl methyl sites for hydroxylation is 1. The summed E-state index contributed by atoms with van der Waals surface area (Å²) >= 11 is 8.35. The van der Waals surface area contributed by atoms with E-state index in [0.29, 0.717) is 43.4 Å². The maximum Gasteiger partial charge on any atom is 0.318 e. The highest BCUT2D eigenvalue weighted by molar-refractivity contribution is 7.13. The number of piperazine rings is 1. The van der Waals surface area contributed by atoms with Crippen LogP contribution in [0.3, 0.4) is 0 Å². The lowest BCUT2D eigenvalue weighted by molar-refractivity contribution is -0.144. The minimum absolute atomic E-state index is 0.00365. The summed E-state index contributed by atoms with van der Waals surface area (Å²) in [5.41, 5.74) is 6.57. The number of hydrogen-bond donors (Lipinski definition) is 4. The molecule has 9 rings (SSSR count). The lowest BCUT2D eigenvalue weighted by Crippen LogP contribution is -2.57. The summed E-state index contributed by atoms with van der Waals surface area (Å²) < 4.78 is 20.6. The third kappa shape index (κ3) is 13.7. The van der Waals surface area contributed by atoms with E-state index < -0.39 is 59.1 Å². The van der Waals surface area contributed by atoms with Crippen LogP contribution in [0.25, 0.3) is 21.2 Å². The van der Waals surface area contributed by atoms with Crippen LogP contribution in [0, 0.1) is 23.7 Å². The topological polar surface area (TPSA) is 230 Å². The summed E-state index contributed by atoms with van der Waals surface area (Å²) in [6, 6.07) is 19.5. The molecule has 2 aromatic heterocycles. The number of ether oxygens (including phenoxy) is 1. The molecular weight excluding hydrogens is 1080 g/mol. The van der Waals surface area contributed by atoms with Crippen LogP contribution < -0.4 is 30.5 Å². The van der Waals surface area contributed by atoms with Crippen molar-refractivity contribution in [3.63, 3.8) is 0 Å². The molecule has 0 spiro atoms. The van der Waals surface area contributed by atoms with E-state index in [0.717, 1.165) is 68.8 Å². The smallest absolute Gasteiger partial charge is 0.318 e. The van der Waals surface area contributed by atoms with E-state index in [1.165, 1.54) is 9.80 Å². The summed E-state index contributed by atoms with van der Waals surface area (Å²) in [4.78, 5) is 91.9. The number of benzene rings is 3. The van der Waals surface area contributed by atoms with Crippen molar-refractivity contribution in [3.8, 4) is 22.5 Å². The van der Waals surface area contributed by atoms with Gasteiger partial charge in [0.2, 0.25) is 23.6 Å². The number of β-amino-alcohol motifs (C(OH)–C–C–N with tert-alkyl or cyclic N) is 1. The first-order chi connectivity index (χ1) is 38.9. The summed E-state index contributed by atoms with van der Waals surface area (Å²) in [6.07, 6.45) is 1.53. The largest absolute Gasteiger partial charge is 0.462 e. The van der Waals surface area contributed by atoms with Crippen LogP contribution in [0.15, 0.2) is 78.6 Å². The van der Waals surface area contributed by atoms with Gasteiger partial charge in [0.15, 0.2) is 5.83 Å². The van der Waals surface area contributed by atoms with Crippen LogP contribution in [-0.2, 0) is 43.5 Å². The van der Waals surface area contributed by atoms with Gasteiger partial charge in [0, 0.05) is 94.3 Å². The van der Waals surface area contributed by atoms with E-state index in [4.69, 9.17) is 26.3 Å². The van der Waals surface area contributed by atoms with Gasteiger partial charge >= 0.3 is 6.01 Å². The highest BCUT2D eigenvalue weighted by Crippen LogP contribution is 2.38. The van der Waals surface area contributed by atoms with Crippen LogP contribution in [0.1, 0.15) is 81.8 Å². The maximum atomic E-state index is 14.2. The molecule has 4 aliphatic heterocycles. The third-order valence-corrected chi connectivity index (χ3v) is 17.0. The molecule has 3 fully saturated rings. The van der Waals surface area contributed by atoms with Gasteiger partial charge in [-0.1, -0.05) is 87.5 Å². The van der Waals surface area contributed by atoms with Gasteiger partial charge in [0.25, 0.3) is 5.91 Å². The average molecular weight is 1150 g/mol. The fraction of sp³-hybridized carbons (Fsp3) is 0.475. The Kier molecular flexibility index (Phi) is 18.5. The number of nitrogens with zero attached hydrogens (tertiary/aromatic N) is 9. The van der Waals surface area contributed by atoms with Crippen molar-refractivity contribution in [1.29, 1.82) is 5.26 Å². The number of fused-ring (bicyclic) bond motifs is 2. The molecule has 4 N–H and O–H groups in total. The normalized spacial score (nSPS) is 19.7. The Bertz CT molecular complexity index is 3200. The molecule has 5 atom stereocenters. The first-order valence-corrected chi connectivity index (χ1v) is 28.9. The molecule has 0 saturated carbocycles. The number of carbonyl (C=O) groups excluding carboxylic acids is 5. The first-order valence-electron chi connectivity index (χ1n) is 27.6. The number of aromatic nitrogens is 3. The number of aliphatic hydroxyl groups is 1. The van der Waals surface area contributed by atoms with Crippen LogP contribution in [0.5, 0.6) is 6.01 Å². The molecule has 5 aromatic rings. The Labute approximate surface area is 480 Å². The zero-order valence-electron chi connectivity index (χ0n) is 46.3. The zero-order valence-corrected chi connectivity index (χ0v) is 47.8. The molecule has 22 heteroatoms. The lowest BCUT2D eigenvalue weighted by Gasteiger charge is -2.42. The van der Waals surface area contributed by atoms with E-state index >= 15 is 0 Å². The molecule has 6 heterocycles. The molecular formula is C59H70ClFN12O7S. The Hall–Kier alpha value is -7.25. The number of carbonyl (C=O) groups is 5. The number of hydrogen-bond acceptors (Lipinski definition) is 15. The quantitative estimate of drug-likeness (QED) is 0.0672. The Balaban J connectivity index is 0.784. The second kappa shape index (κ2) is 25.7. The lowest BCUT2D eigenvalue weighted by atomic mass is 9.85. The molecule has 428 valence electrons. The molecule has 5 unspecified atom stereocenters. The SMILES string of the molecule is C=C(F)C(=O)N1CCN(c2nc(OCC3CCCN3CCC(=O)NCCC(=O)NC(C(=O)N3CC(O)CC3C(=O)NCc3ccc(-c4scnc4C)cc3)C(C)(C)C)nc3c2CCN(c2cccc4cccc(Cl)c24)C3)CC1CC#N. The highest BCUT2D eigenvalue weighted by Gasteiger charge is 2.45. The van der Waals surface area contributed by atoms with Crippen molar-refractivity contribution >= 4 is 74.8 Å². The Morgan fingerprint density at radius 2 is 1.73 bits per heavy atom. The van der Waals surface area contributed by atoms with Gasteiger partial charge in [-0.2, -0.15) is 15.2 Å². The number of rotatable bonds is 19. The molecule has 19 nitrogen and oxygen atoms in total. The fourth-order valence-corrected chi connectivity index (χ4v) is 12.5. The molecule has 0 radical (unpaired) electrons. The summed E-state index contributed by atoms with van der Waals surface area (Å²) in [5, 5.41) is 31.7. The molecule has 0 aliphatic carbocycles. The minimum Gasteiger partial charge on any atom is -0.462 e. The highest BCUT2D eigenvalue weighted by atomic mass is 35.5. The predicted octanol–water partition coefficient (Wildman–Crippen LogP) is 6.24. The Morgan fingerprint density at radius 1 is 0.951 bits per heavy atom. The maximum absolute atomic E-state index is 14.2. The number of thiazole rings is 1. The Morgan fingerprint density at radius 3 is 2.46 bits per heavy atom. The number of nitrogens with one attached hydrogen (secondary N) is 3. The van der Waals surface area contributed by atoms with Crippen molar-refractivity contribution in [1.82, 2.24) is 45.6 Å². The molecule has 3 aromatic carbocycles. The molecule has 4 aliphatic rings. The molecule has 3 saturated heterocycles. The van der Waals surface area contributed by atoms with Crippen LogP contribution in [-0.4, -0.2) is 154 Å². The van der Waals surface area contributed by atoms with Crippen molar-refractivity contribution in [2.24, 2.45) is 5.41 Å². The van der Waals surface area contributed by atoms with Gasteiger partial charge < -0.3 is 45.4 Å². The number of nitriles is 1. The van der Waals surface area contributed by atoms with Crippen LogP contribution >= 0.6 is 22.9 Å². The predicted molar refractivity (Wildman–Crippen MR) is 308 cm³/mol. The van der Waals surface area contributed by atoms with E-state index in [1.54, 1.807) is 16.8 Å². The number of anilines is 2. The van der Waals surface area contributed by atoms with Crippen molar-refractivity contribution in [3.05, 3.63) is 106 Å². The van der Waals surface area contributed by atoms with Gasteiger partial charge in [-0.25, -0.2) is 9.37 Å². The second-order valence-electron chi connectivity index (χ2n) is 22.3. The zero-order chi connectivity index (χ0) is 57.5. The van der Waals surface area contributed by atoms with Crippen LogP contribution in [0.4, 0.5) is 15.9 Å². The van der Waals surface area contributed by atoms with Crippen molar-refractivity contribution in [2.45, 2.75) is 116 Å². The number of aliphatic hydroxyl groups excluding tert-OH is 1. The standard InChI is InChI=1S/C59H70ClFN12O7S/c1-36(61)56(78)72-28-27-71(31-41(72)18-22-62)54-44-20-25-70(47-13-7-10-39-9-6-12-45(60)51(39)47)33-46(44)66-58(68-54)80-34-42-11-8-24-69(42)26-21-49(75)63-23-19-50(76)67-53(59(3,4)5)57(79)73-32-43(74)29-48(73)55(77)64-30-38-14-16-40(17-15-38)52-37(2)65-35-81-52/h6-7,9-10,12-17,35,41-43,48,53,74H,1,8,11,18-21,23-34H2,2-5H3,(H,63,75)(H,64,77)(H,67,76). The monoisotopic (exact) mass is 1140 g/mol. The van der Waals surface area contributed by atoms with Gasteiger partial charge in [-0.15, -0.1) is 11.3 Å². The third-order valence-electron chi connectivity index (χ3n) is 15.7. The second-order valence-corrected chi connectivity index (χ2v) is 23.6. The summed E-state index contributed by atoms with van der Waals surface area (Å²) in [5.74, 6) is -2.81. The number of likely N-dealkylation sites (tertiary alicyclic amines) is 2. The van der Waals surface area contributed by atoms with Gasteiger partial charge in [-0.3, -0.25) is 28.9 Å². The molecule has 0 bridgehead atoms. The molecule has 5 amide bonds. The van der Waals surface area contributed by atoms with Gasteiger partial charge in [0.05, 0.1) is 58.0 Å². The van der Waals surface area contributed by atoms with E-state index in [-0.39, 0.29) is 83.0 Å². The summed E-state index contributed by atoms with van der Waals surface area (Å²) in [6.45, 7) is 14.1. The fourth-order valence-electron chi connectivity index (χ4n) is 11.4. The number of halogens is 2. The van der Waals surface area contributed by atoms with Gasteiger partial charge in [-0.05, 0) is 66.8 Å². The minimum atomic E-state index is -1.07. The average Bonchev–Trinajstić information content (AvgIpc) is 4.30. The first kappa shape index (κ1) is 58.4. The van der Waals surface area contributed by atoms with E-state index in [2.05, 4.69) is 49.4 Å². The van der Waals surface area contributed by atoms with E-state index in [1.807, 2.05) is 87.2 Å². The van der Waals surface area contributed by atoms with Crippen molar-refractivity contribution < 1.29 is 38.2 Å². The van der Waals surface area contributed by atoms with Crippen molar-refractivity contribution in [2.75, 3.05) is 68.8 Å². The number of amides is 5. The summed E-state index contributed by atoms with van der Waals surface area (Å²) in [7, 11) is 0. The molecule has 81 heavy (non-hydrogen) atoms. The van der Waals surface area contributed by atoms with Crippen LogP contribution in [0.2, 0.25) is 5.02 Å².